The lowest BCUT2D eigenvalue weighted by Gasteiger charge is -2.00. The maximum atomic E-state index is 4.97. The molecule has 0 aliphatic heterocycles. The topological polar surface area (TPSA) is 21.6 Å². The Bertz CT molecular complexity index is 89.3. The molecular weight excluding hydrogens is 126 g/mol. The van der Waals surface area contributed by atoms with Gasteiger partial charge < -0.3 is 4.84 Å². The number of rotatable bonds is 5. The predicted molar refractivity (Wildman–Crippen MR) is 44.2 cm³/mol. The van der Waals surface area contributed by atoms with Gasteiger partial charge in [0, 0.05) is 6.21 Å². The number of oxime groups is 1. The van der Waals surface area contributed by atoms with Crippen LogP contribution in [0.5, 0.6) is 0 Å². The first-order chi connectivity index (χ1) is 4.77. The van der Waals surface area contributed by atoms with Gasteiger partial charge in [-0.1, -0.05) is 32.3 Å². The standard InChI is InChI=1S/C8H17NO/c1-4-5-6-9-10-7-8(2)3/h6,8H,4-5,7H2,1-3H3/b9-6+. The van der Waals surface area contributed by atoms with E-state index in [1.54, 1.807) is 0 Å². The van der Waals surface area contributed by atoms with E-state index in [9.17, 15) is 0 Å². The molecule has 0 amide bonds. The van der Waals surface area contributed by atoms with Gasteiger partial charge in [0.25, 0.3) is 0 Å². The molecule has 0 aromatic rings. The van der Waals surface area contributed by atoms with Crippen molar-refractivity contribution in [3.05, 3.63) is 0 Å². The second kappa shape index (κ2) is 6.59. The highest BCUT2D eigenvalue weighted by molar-refractivity contribution is 5.55. The second-order valence-corrected chi connectivity index (χ2v) is 2.77. The molecule has 0 saturated heterocycles. The van der Waals surface area contributed by atoms with Gasteiger partial charge in [0.05, 0.1) is 0 Å². The molecule has 2 heteroatoms. The van der Waals surface area contributed by atoms with Crippen molar-refractivity contribution in [3.8, 4) is 0 Å². The maximum Gasteiger partial charge on any atom is 0.119 e. The lowest BCUT2D eigenvalue weighted by atomic mass is 10.2. The van der Waals surface area contributed by atoms with Crippen molar-refractivity contribution in [2.24, 2.45) is 11.1 Å². The Hall–Kier alpha value is -0.530. The summed E-state index contributed by atoms with van der Waals surface area (Å²) in [5.41, 5.74) is 0. The van der Waals surface area contributed by atoms with E-state index in [2.05, 4.69) is 25.9 Å². The quantitative estimate of drug-likeness (QED) is 0.428. The largest absolute Gasteiger partial charge is 0.396 e. The summed E-state index contributed by atoms with van der Waals surface area (Å²) in [6.07, 6.45) is 3.97. The van der Waals surface area contributed by atoms with Crippen LogP contribution in [0.2, 0.25) is 0 Å². The number of nitrogens with zero attached hydrogens (tertiary/aromatic N) is 1. The Kier molecular flexibility index (Phi) is 6.24. The van der Waals surface area contributed by atoms with Crippen LogP contribution in [0.4, 0.5) is 0 Å². The highest BCUT2D eigenvalue weighted by Gasteiger charge is 1.89. The summed E-state index contributed by atoms with van der Waals surface area (Å²) in [6, 6.07) is 0. The van der Waals surface area contributed by atoms with Crippen molar-refractivity contribution in [1.29, 1.82) is 0 Å². The normalized spacial score (nSPS) is 11.2. The van der Waals surface area contributed by atoms with Crippen molar-refractivity contribution in [2.75, 3.05) is 6.61 Å². The maximum absolute atomic E-state index is 4.97. The highest BCUT2D eigenvalue weighted by atomic mass is 16.6. The Morgan fingerprint density at radius 2 is 2.20 bits per heavy atom. The Morgan fingerprint density at radius 3 is 2.70 bits per heavy atom. The van der Waals surface area contributed by atoms with Crippen LogP contribution in [0.1, 0.15) is 33.6 Å². The van der Waals surface area contributed by atoms with Crippen molar-refractivity contribution < 1.29 is 4.84 Å². The molecule has 0 bridgehead atoms. The van der Waals surface area contributed by atoms with E-state index in [1.165, 1.54) is 0 Å². The first kappa shape index (κ1) is 9.47. The molecule has 0 aromatic carbocycles. The molecule has 10 heavy (non-hydrogen) atoms. The minimum absolute atomic E-state index is 0.568. The molecule has 0 atom stereocenters. The van der Waals surface area contributed by atoms with E-state index in [4.69, 9.17) is 4.84 Å². The smallest absolute Gasteiger partial charge is 0.119 e. The van der Waals surface area contributed by atoms with E-state index in [0.717, 1.165) is 19.4 Å². The molecule has 0 fully saturated rings. The third kappa shape index (κ3) is 7.47. The van der Waals surface area contributed by atoms with Crippen LogP contribution in [0, 0.1) is 5.92 Å². The summed E-state index contributed by atoms with van der Waals surface area (Å²) in [7, 11) is 0. The summed E-state index contributed by atoms with van der Waals surface area (Å²) in [5.74, 6) is 0.568. The monoisotopic (exact) mass is 143 g/mol. The SMILES string of the molecule is CCC/C=N/OCC(C)C. The minimum atomic E-state index is 0.568. The number of hydrogen-bond donors (Lipinski definition) is 0. The van der Waals surface area contributed by atoms with Gasteiger partial charge in [0.2, 0.25) is 0 Å². The molecule has 0 aliphatic carbocycles. The average Bonchev–Trinajstić information content (AvgIpc) is 1.87. The van der Waals surface area contributed by atoms with E-state index < -0.39 is 0 Å². The lowest BCUT2D eigenvalue weighted by molar-refractivity contribution is 0.119. The third-order valence-electron chi connectivity index (χ3n) is 0.975. The van der Waals surface area contributed by atoms with Crippen molar-refractivity contribution in [3.63, 3.8) is 0 Å². The molecule has 2 nitrogen and oxygen atoms in total. The van der Waals surface area contributed by atoms with Crippen LogP contribution in [-0.2, 0) is 4.84 Å². The molecule has 0 aromatic heterocycles. The van der Waals surface area contributed by atoms with Gasteiger partial charge in [-0.3, -0.25) is 0 Å². The van der Waals surface area contributed by atoms with E-state index >= 15 is 0 Å². The Labute approximate surface area is 63.3 Å². The van der Waals surface area contributed by atoms with Gasteiger partial charge in [-0.15, -0.1) is 0 Å². The lowest BCUT2D eigenvalue weighted by Crippen LogP contribution is -1.96. The van der Waals surface area contributed by atoms with Crippen LogP contribution >= 0.6 is 0 Å². The summed E-state index contributed by atoms with van der Waals surface area (Å²) < 4.78 is 0. The first-order valence-electron chi connectivity index (χ1n) is 3.91. The van der Waals surface area contributed by atoms with Gasteiger partial charge in [0.15, 0.2) is 0 Å². The van der Waals surface area contributed by atoms with Crippen molar-refractivity contribution in [2.45, 2.75) is 33.6 Å². The van der Waals surface area contributed by atoms with E-state index in [0.29, 0.717) is 5.92 Å². The third-order valence-corrected chi connectivity index (χ3v) is 0.975. The van der Waals surface area contributed by atoms with Crippen LogP contribution in [0.25, 0.3) is 0 Å². The van der Waals surface area contributed by atoms with Crippen molar-refractivity contribution >= 4 is 6.21 Å². The fourth-order valence-corrected chi connectivity index (χ4v) is 0.427. The minimum Gasteiger partial charge on any atom is -0.396 e. The fraction of sp³-hybridized carbons (Fsp3) is 0.875. The van der Waals surface area contributed by atoms with Crippen LogP contribution < -0.4 is 0 Å². The van der Waals surface area contributed by atoms with Crippen molar-refractivity contribution in [1.82, 2.24) is 0 Å². The summed E-state index contributed by atoms with van der Waals surface area (Å²) in [4.78, 5) is 4.97. The zero-order chi connectivity index (χ0) is 7.82. The molecule has 0 aliphatic rings. The Morgan fingerprint density at radius 1 is 1.50 bits per heavy atom. The molecule has 0 radical (unpaired) electrons. The molecule has 60 valence electrons. The first-order valence-corrected chi connectivity index (χ1v) is 3.91. The van der Waals surface area contributed by atoms with Gasteiger partial charge in [-0.05, 0) is 12.3 Å². The van der Waals surface area contributed by atoms with Gasteiger partial charge in [0.1, 0.15) is 6.61 Å². The average molecular weight is 143 g/mol. The second-order valence-electron chi connectivity index (χ2n) is 2.77. The van der Waals surface area contributed by atoms with Gasteiger partial charge in [-0.2, -0.15) is 0 Å². The molecule has 0 unspecified atom stereocenters. The molecule has 0 rings (SSSR count). The zero-order valence-corrected chi connectivity index (χ0v) is 7.13. The predicted octanol–water partition coefficient (Wildman–Crippen LogP) is 2.44. The Balaban J connectivity index is 3.02. The summed E-state index contributed by atoms with van der Waals surface area (Å²) in [5, 5.41) is 3.78. The summed E-state index contributed by atoms with van der Waals surface area (Å²) in [6.45, 7) is 7.05. The van der Waals surface area contributed by atoms with Crippen LogP contribution in [-0.4, -0.2) is 12.8 Å². The highest BCUT2D eigenvalue weighted by Crippen LogP contribution is 1.92. The molecule has 0 saturated carbocycles. The van der Waals surface area contributed by atoms with E-state index in [-0.39, 0.29) is 0 Å². The summed E-state index contributed by atoms with van der Waals surface area (Å²) >= 11 is 0. The van der Waals surface area contributed by atoms with Crippen LogP contribution in [0.15, 0.2) is 5.16 Å². The van der Waals surface area contributed by atoms with Gasteiger partial charge >= 0.3 is 0 Å². The van der Waals surface area contributed by atoms with E-state index in [1.807, 2.05) is 6.21 Å². The fourth-order valence-electron chi connectivity index (χ4n) is 0.427. The molecule has 0 spiro atoms. The molecule has 0 N–H and O–H groups in total. The number of hydrogen-bond acceptors (Lipinski definition) is 2. The van der Waals surface area contributed by atoms with Crippen LogP contribution in [0.3, 0.4) is 0 Å². The zero-order valence-electron chi connectivity index (χ0n) is 7.13. The number of unbranched alkanes of at least 4 members (excludes halogenated alkanes) is 1. The molecular formula is C8H17NO. The van der Waals surface area contributed by atoms with Gasteiger partial charge in [-0.25, -0.2) is 0 Å². The molecule has 0 heterocycles.